The lowest BCUT2D eigenvalue weighted by Crippen LogP contribution is -2.19. The van der Waals surface area contributed by atoms with Gasteiger partial charge in [-0.15, -0.1) is 11.3 Å². The molecule has 2 aliphatic rings. The molecule has 3 rings (SSSR count). The predicted octanol–water partition coefficient (Wildman–Crippen LogP) is 4.28. The fourth-order valence-corrected chi connectivity index (χ4v) is 3.97. The van der Waals surface area contributed by atoms with Gasteiger partial charge in [0.05, 0.1) is 11.7 Å². The average Bonchev–Trinajstić information content (AvgIpc) is 2.87. The third-order valence-corrected chi connectivity index (χ3v) is 5.37. The molecule has 4 heteroatoms. The minimum atomic E-state index is 0.510. The molecule has 0 bridgehead atoms. The number of thiazole rings is 1. The highest BCUT2D eigenvalue weighted by molar-refractivity contribution is 7.07. The molecule has 1 saturated carbocycles. The fraction of sp³-hybridized carbons (Fsp3) is 0.647. The van der Waals surface area contributed by atoms with Crippen molar-refractivity contribution in [3.05, 3.63) is 28.0 Å². The molecule has 0 radical (unpaired) electrons. The van der Waals surface area contributed by atoms with E-state index in [4.69, 9.17) is 10.1 Å². The van der Waals surface area contributed by atoms with Crippen LogP contribution in [0.4, 0.5) is 0 Å². The van der Waals surface area contributed by atoms with Gasteiger partial charge in [0.1, 0.15) is 0 Å². The Morgan fingerprint density at radius 3 is 2.81 bits per heavy atom. The van der Waals surface area contributed by atoms with Gasteiger partial charge in [0.2, 0.25) is 4.80 Å². The van der Waals surface area contributed by atoms with E-state index in [1.807, 2.05) is 4.68 Å². The van der Waals surface area contributed by atoms with Crippen LogP contribution in [0.25, 0.3) is 0 Å². The van der Waals surface area contributed by atoms with Crippen molar-refractivity contribution in [2.75, 3.05) is 0 Å². The average molecular weight is 303 g/mol. The Morgan fingerprint density at radius 2 is 2.05 bits per heavy atom. The number of aryl methyl sites for hydroxylation is 1. The van der Waals surface area contributed by atoms with Gasteiger partial charge in [-0.2, -0.15) is 5.10 Å². The summed E-state index contributed by atoms with van der Waals surface area (Å²) in [6.07, 6.45) is 16.7. The maximum Gasteiger partial charge on any atom is 0.206 e. The van der Waals surface area contributed by atoms with Gasteiger partial charge in [0.15, 0.2) is 0 Å². The Kier molecular flexibility index (Phi) is 5.07. The van der Waals surface area contributed by atoms with E-state index in [2.05, 4.69) is 30.7 Å². The van der Waals surface area contributed by atoms with Crippen LogP contribution in [0.3, 0.4) is 0 Å². The molecule has 1 aromatic rings. The van der Waals surface area contributed by atoms with E-state index in [1.54, 1.807) is 11.3 Å². The smallest absolute Gasteiger partial charge is 0.206 e. The molecule has 0 amide bonds. The molecule has 0 spiro atoms. The zero-order valence-electron chi connectivity index (χ0n) is 12.9. The van der Waals surface area contributed by atoms with Crippen LogP contribution < -0.4 is 4.80 Å². The lowest BCUT2D eigenvalue weighted by molar-refractivity contribution is 0.435. The van der Waals surface area contributed by atoms with Crippen LogP contribution in [-0.2, 0) is 0 Å². The van der Waals surface area contributed by atoms with Crippen molar-refractivity contribution in [1.82, 2.24) is 4.68 Å². The second-order valence-corrected chi connectivity index (χ2v) is 7.04. The van der Waals surface area contributed by atoms with Gasteiger partial charge < -0.3 is 0 Å². The molecule has 0 saturated heterocycles. The van der Waals surface area contributed by atoms with E-state index in [9.17, 15) is 0 Å². The highest BCUT2D eigenvalue weighted by Gasteiger charge is 2.13. The Bertz CT molecular complexity index is 573. The van der Waals surface area contributed by atoms with Crippen molar-refractivity contribution in [3.63, 3.8) is 0 Å². The lowest BCUT2D eigenvalue weighted by atomic mass is 9.96. The summed E-state index contributed by atoms with van der Waals surface area (Å²) in [5, 5.41) is 6.90. The molecule has 1 aromatic heterocycles. The number of hydrogen-bond acceptors (Lipinski definition) is 3. The number of rotatable bonds is 3. The van der Waals surface area contributed by atoms with Gasteiger partial charge in [-0.25, -0.2) is 4.68 Å². The second kappa shape index (κ2) is 7.21. The normalized spacial score (nSPS) is 25.0. The maximum absolute atomic E-state index is 4.96. The van der Waals surface area contributed by atoms with Crippen molar-refractivity contribution in [2.24, 2.45) is 16.0 Å². The van der Waals surface area contributed by atoms with E-state index in [-0.39, 0.29) is 0 Å². The molecule has 1 fully saturated rings. The van der Waals surface area contributed by atoms with Crippen molar-refractivity contribution in [1.29, 1.82) is 0 Å². The molecule has 21 heavy (non-hydrogen) atoms. The quantitative estimate of drug-likeness (QED) is 0.589. The highest BCUT2D eigenvalue weighted by Crippen LogP contribution is 2.20. The van der Waals surface area contributed by atoms with Crippen molar-refractivity contribution < 1.29 is 0 Å². The minimum absolute atomic E-state index is 0.510. The summed E-state index contributed by atoms with van der Waals surface area (Å²) >= 11 is 1.72. The summed E-state index contributed by atoms with van der Waals surface area (Å²) in [5.74, 6) is 0.587. The Hall–Kier alpha value is -1.16. The van der Waals surface area contributed by atoms with E-state index in [1.165, 1.54) is 50.6 Å². The van der Waals surface area contributed by atoms with Crippen molar-refractivity contribution in [3.8, 4) is 0 Å². The molecule has 114 valence electrons. The van der Waals surface area contributed by atoms with Crippen LogP contribution in [-0.4, -0.2) is 16.9 Å². The molecule has 3 nitrogen and oxygen atoms in total. The monoisotopic (exact) mass is 303 g/mol. The SMILES string of the molecule is Cc1csc(=NC2CCCCC2)n1N=CC1CC=CCC1. The summed E-state index contributed by atoms with van der Waals surface area (Å²) in [6, 6.07) is 0.510. The Balaban J connectivity index is 1.77. The van der Waals surface area contributed by atoms with E-state index in [0.29, 0.717) is 12.0 Å². The van der Waals surface area contributed by atoms with E-state index in [0.717, 1.165) is 11.2 Å². The standard InChI is InChI=1S/C17H25N3S/c1-14-13-21-17(19-16-10-6-3-7-11-16)20(14)18-12-15-8-4-2-5-9-15/h2,4,12-13,15-16H,3,5-11H2,1H3. The Labute approximate surface area is 131 Å². The summed E-state index contributed by atoms with van der Waals surface area (Å²) in [5.41, 5.74) is 1.19. The molecule has 1 atom stereocenters. The molecule has 1 unspecified atom stereocenters. The van der Waals surface area contributed by atoms with Crippen molar-refractivity contribution >= 4 is 17.6 Å². The van der Waals surface area contributed by atoms with Gasteiger partial charge in [-0.3, -0.25) is 4.99 Å². The first-order chi connectivity index (χ1) is 10.3. The molecule has 0 N–H and O–H groups in total. The van der Waals surface area contributed by atoms with Gasteiger partial charge in [0, 0.05) is 11.6 Å². The van der Waals surface area contributed by atoms with Gasteiger partial charge in [-0.05, 0) is 44.9 Å². The van der Waals surface area contributed by atoms with E-state index >= 15 is 0 Å². The van der Waals surface area contributed by atoms with Gasteiger partial charge >= 0.3 is 0 Å². The molecular weight excluding hydrogens is 278 g/mol. The molecule has 0 aromatic carbocycles. The summed E-state index contributed by atoms with van der Waals surface area (Å²) < 4.78 is 2.04. The second-order valence-electron chi connectivity index (χ2n) is 6.20. The number of aromatic nitrogens is 1. The zero-order chi connectivity index (χ0) is 14.5. The minimum Gasteiger partial charge on any atom is -0.254 e. The number of nitrogens with zero attached hydrogens (tertiary/aromatic N) is 3. The van der Waals surface area contributed by atoms with Gasteiger partial charge in [0.25, 0.3) is 0 Å². The summed E-state index contributed by atoms with van der Waals surface area (Å²) in [4.78, 5) is 6.03. The van der Waals surface area contributed by atoms with Crippen LogP contribution in [0.5, 0.6) is 0 Å². The van der Waals surface area contributed by atoms with Crippen LogP contribution in [0.1, 0.15) is 57.1 Å². The van der Waals surface area contributed by atoms with Crippen molar-refractivity contribution in [2.45, 2.75) is 64.3 Å². The number of allylic oxidation sites excluding steroid dienone is 2. The third-order valence-electron chi connectivity index (χ3n) is 4.42. The first kappa shape index (κ1) is 14.8. The van der Waals surface area contributed by atoms with Crippen LogP contribution in [0.2, 0.25) is 0 Å². The fourth-order valence-electron chi connectivity index (χ4n) is 3.09. The molecule has 1 heterocycles. The Morgan fingerprint density at radius 1 is 1.19 bits per heavy atom. The van der Waals surface area contributed by atoms with Crippen LogP contribution in [0.15, 0.2) is 27.6 Å². The largest absolute Gasteiger partial charge is 0.254 e. The molecule has 2 aliphatic carbocycles. The summed E-state index contributed by atoms with van der Waals surface area (Å²) in [7, 11) is 0. The first-order valence-corrected chi connectivity index (χ1v) is 9.11. The maximum atomic E-state index is 4.96. The zero-order valence-corrected chi connectivity index (χ0v) is 13.7. The molecule has 0 aliphatic heterocycles. The van der Waals surface area contributed by atoms with E-state index < -0.39 is 0 Å². The third kappa shape index (κ3) is 3.94. The summed E-state index contributed by atoms with van der Waals surface area (Å²) in [6.45, 7) is 2.12. The molecular formula is C17H25N3S. The first-order valence-electron chi connectivity index (χ1n) is 8.23. The topological polar surface area (TPSA) is 29.6 Å². The van der Waals surface area contributed by atoms with Crippen LogP contribution >= 0.6 is 11.3 Å². The number of hydrogen-bond donors (Lipinski definition) is 0. The highest BCUT2D eigenvalue weighted by atomic mass is 32.1. The van der Waals surface area contributed by atoms with Gasteiger partial charge in [-0.1, -0.05) is 31.4 Å². The lowest BCUT2D eigenvalue weighted by Gasteiger charge is -2.17. The predicted molar refractivity (Wildman–Crippen MR) is 89.9 cm³/mol. The van der Waals surface area contributed by atoms with Crippen LogP contribution in [0, 0.1) is 12.8 Å².